The van der Waals surface area contributed by atoms with E-state index in [0.717, 1.165) is 6.42 Å². The van der Waals surface area contributed by atoms with Crippen LogP contribution in [-0.2, 0) is 0 Å². The molecule has 0 heterocycles. The first kappa shape index (κ1) is 12.5. The Morgan fingerprint density at radius 1 is 1.44 bits per heavy atom. The molecule has 0 amide bonds. The summed E-state index contributed by atoms with van der Waals surface area (Å²) in [6, 6.07) is 4.62. The van der Waals surface area contributed by atoms with Crippen LogP contribution in [0.15, 0.2) is 18.2 Å². The maximum absolute atomic E-state index is 13.5. The van der Waals surface area contributed by atoms with Gasteiger partial charge in [0, 0.05) is 12.5 Å². The van der Waals surface area contributed by atoms with Crippen LogP contribution in [0.25, 0.3) is 0 Å². The van der Waals surface area contributed by atoms with Crippen molar-refractivity contribution in [2.75, 3.05) is 13.2 Å². The molecule has 3 heteroatoms. The predicted molar refractivity (Wildman–Crippen MR) is 60.8 cm³/mol. The van der Waals surface area contributed by atoms with Gasteiger partial charge in [-0.15, -0.1) is 0 Å². The number of ether oxygens (including phenoxy) is 1. The molecule has 0 fully saturated rings. The van der Waals surface area contributed by atoms with Crippen LogP contribution in [0.5, 0.6) is 5.75 Å². The highest BCUT2D eigenvalue weighted by atomic mass is 19.1. The average Bonchev–Trinajstić information content (AvgIpc) is 2.29. The molecule has 0 aliphatic heterocycles. The molecule has 0 unspecified atom stereocenters. The topological polar surface area (TPSA) is 29.5 Å². The van der Waals surface area contributed by atoms with Gasteiger partial charge in [0.15, 0.2) is 0 Å². The van der Waals surface area contributed by atoms with E-state index >= 15 is 0 Å². The minimum absolute atomic E-state index is 0.00763. The summed E-state index contributed by atoms with van der Waals surface area (Å²) < 4.78 is 18.7. The van der Waals surface area contributed by atoms with Crippen molar-refractivity contribution in [2.24, 2.45) is 0 Å². The molecule has 0 saturated carbocycles. The Morgan fingerprint density at radius 2 is 2.25 bits per heavy atom. The summed E-state index contributed by atoms with van der Waals surface area (Å²) in [5.41, 5.74) is 0.331. The lowest BCUT2D eigenvalue weighted by molar-refractivity contribution is 0.305. The van der Waals surface area contributed by atoms with E-state index in [1.54, 1.807) is 12.1 Å². The number of aliphatic hydroxyl groups is 1. The van der Waals surface area contributed by atoms with Gasteiger partial charge in [0.1, 0.15) is 11.6 Å². The second-order valence-corrected chi connectivity index (χ2v) is 3.27. The van der Waals surface area contributed by atoms with Crippen molar-refractivity contribution in [1.29, 1.82) is 0 Å². The molecule has 1 N–H and O–H groups in total. The van der Waals surface area contributed by atoms with Crippen molar-refractivity contribution < 1.29 is 14.2 Å². The molecule has 0 bridgehead atoms. The zero-order valence-corrected chi connectivity index (χ0v) is 9.29. The molecule has 0 spiro atoms. The molecule has 0 radical (unpaired) electrons. The Kier molecular flexibility index (Phi) is 5.38. The molecule has 1 rings (SSSR count). The molecule has 2 nitrogen and oxygen atoms in total. The van der Waals surface area contributed by atoms with Gasteiger partial charge in [-0.3, -0.25) is 0 Å². The number of hydrogen-bond acceptors (Lipinski definition) is 2. The van der Waals surface area contributed by atoms with Crippen LogP contribution < -0.4 is 4.74 Å². The molecule has 0 aromatic heterocycles. The third-order valence-electron chi connectivity index (χ3n) is 1.87. The van der Waals surface area contributed by atoms with Gasteiger partial charge >= 0.3 is 0 Å². The van der Waals surface area contributed by atoms with E-state index in [9.17, 15) is 4.39 Å². The Morgan fingerprint density at radius 3 is 2.88 bits per heavy atom. The van der Waals surface area contributed by atoms with Crippen LogP contribution in [0.3, 0.4) is 0 Å². The first-order valence-electron chi connectivity index (χ1n) is 5.30. The van der Waals surface area contributed by atoms with E-state index in [4.69, 9.17) is 9.84 Å². The van der Waals surface area contributed by atoms with E-state index in [0.29, 0.717) is 24.3 Å². The molecule has 1 aromatic rings. The fraction of sp³-hybridized carbons (Fsp3) is 0.385. The maximum atomic E-state index is 13.5. The van der Waals surface area contributed by atoms with Crippen LogP contribution in [0.1, 0.15) is 25.3 Å². The molecule has 0 atom stereocenters. The zero-order chi connectivity index (χ0) is 11.8. The van der Waals surface area contributed by atoms with Crippen LogP contribution in [0.4, 0.5) is 4.39 Å². The van der Waals surface area contributed by atoms with Gasteiger partial charge in [-0.1, -0.05) is 18.8 Å². The lowest BCUT2D eigenvalue weighted by Crippen LogP contribution is -1.96. The van der Waals surface area contributed by atoms with Gasteiger partial charge in [0.2, 0.25) is 0 Å². The summed E-state index contributed by atoms with van der Waals surface area (Å²) in [4.78, 5) is 0. The van der Waals surface area contributed by atoms with Gasteiger partial charge in [-0.2, -0.15) is 0 Å². The third-order valence-corrected chi connectivity index (χ3v) is 1.87. The summed E-state index contributed by atoms with van der Waals surface area (Å²) in [7, 11) is 0. The largest absolute Gasteiger partial charge is 0.494 e. The molecular weight excluding hydrogens is 207 g/mol. The Labute approximate surface area is 95.1 Å². The van der Waals surface area contributed by atoms with Crippen molar-refractivity contribution >= 4 is 0 Å². The van der Waals surface area contributed by atoms with E-state index < -0.39 is 0 Å². The van der Waals surface area contributed by atoms with Gasteiger partial charge in [0.25, 0.3) is 0 Å². The van der Waals surface area contributed by atoms with Gasteiger partial charge < -0.3 is 9.84 Å². The Hall–Kier alpha value is -1.53. The number of rotatable bonds is 4. The van der Waals surface area contributed by atoms with Crippen molar-refractivity contribution in [3.05, 3.63) is 29.6 Å². The standard InChI is InChI=1S/C13H15FO2/c1-2-9-16-12-7-6-11(13(14)10-12)5-3-4-8-15/h6-7,10,15H,2,4,8-9H2,1H3. The van der Waals surface area contributed by atoms with E-state index in [1.807, 2.05) is 6.92 Å². The van der Waals surface area contributed by atoms with Crippen LogP contribution in [0.2, 0.25) is 0 Å². The van der Waals surface area contributed by atoms with Gasteiger partial charge in [0.05, 0.1) is 18.8 Å². The molecule has 16 heavy (non-hydrogen) atoms. The lowest BCUT2D eigenvalue weighted by Gasteiger charge is -2.04. The van der Waals surface area contributed by atoms with Crippen LogP contribution in [-0.4, -0.2) is 18.3 Å². The summed E-state index contributed by atoms with van der Waals surface area (Å²) in [5, 5.41) is 8.54. The first-order valence-corrected chi connectivity index (χ1v) is 5.30. The summed E-state index contributed by atoms with van der Waals surface area (Å²) >= 11 is 0. The normalized spacial score (nSPS) is 9.44. The highest BCUT2D eigenvalue weighted by molar-refractivity contribution is 5.39. The molecule has 86 valence electrons. The summed E-state index contributed by atoms with van der Waals surface area (Å²) in [6.07, 6.45) is 1.24. The van der Waals surface area contributed by atoms with Gasteiger partial charge in [-0.05, 0) is 18.6 Å². The van der Waals surface area contributed by atoms with Crippen molar-refractivity contribution in [1.82, 2.24) is 0 Å². The average molecular weight is 222 g/mol. The van der Waals surface area contributed by atoms with Crippen LogP contribution >= 0.6 is 0 Å². The van der Waals surface area contributed by atoms with E-state index in [2.05, 4.69) is 11.8 Å². The van der Waals surface area contributed by atoms with Crippen molar-refractivity contribution in [3.63, 3.8) is 0 Å². The molecule has 0 aliphatic rings. The molecular formula is C13H15FO2. The highest BCUT2D eigenvalue weighted by Crippen LogP contribution is 2.16. The van der Waals surface area contributed by atoms with Crippen molar-refractivity contribution in [2.45, 2.75) is 19.8 Å². The highest BCUT2D eigenvalue weighted by Gasteiger charge is 2.01. The quantitative estimate of drug-likeness (QED) is 0.792. The molecule has 0 saturated heterocycles. The number of hydrogen-bond donors (Lipinski definition) is 1. The number of aliphatic hydroxyl groups excluding tert-OH is 1. The SMILES string of the molecule is CCCOc1ccc(C#CCCO)c(F)c1. The summed E-state index contributed by atoms with van der Waals surface area (Å²) in [6.45, 7) is 2.56. The molecule has 0 aliphatic carbocycles. The minimum Gasteiger partial charge on any atom is -0.494 e. The minimum atomic E-state index is -0.390. The number of benzene rings is 1. The number of halogens is 1. The first-order chi connectivity index (χ1) is 7.77. The van der Waals surface area contributed by atoms with Crippen LogP contribution in [0, 0.1) is 17.7 Å². The lowest BCUT2D eigenvalue weighted by atomic mass is 10.2. The third kappa shape index (κ3) is 3.92. The Balaban J connectivity index is 2.72. The monoisotopic (exact) mass is 222 g/mol. The van der Waals surface area contributed by atoms with E-state index in [1.165, 1.54) is 6.07 Å². The maximum Gasteiger partial charge on any atom is 0.142 e. The van der Waals surface area contributed by atoms with Crippen molar-refractivity contribution in [3.8, 4) is 17.6 Å². The fourth-order valence-electron chi connectivity index (χ4n) is 1.12. The zero-order valence-electron chi connectivity index (χ0n) is 9.29. The van der Waals surface area contributed by atoms with E-state index in [-0.39, 0.29) is 12.4 Å². The Bertz CT molecular complexity index is 391. The fourth-order valence-corrected chi connectivity index (χ4v) is 1.12. The second kappa shape index (κ2) is 6.86. The van der Waals surface area contributed by atoms with Gasteiger partial charge in [-0.25, -0.2) is 4.39 Å². The predicted octanol–water partition coefficient (Wildman–Crippen LogP) is 2.35. The summed E-state index contributed by atoms with van der Waals surface area (Å²) in [5.74, 6) is 5.46. The smallest absolute Gasteiger partial charge is 0.142 e. The molecule has 1 aromatic carbocycles. The second-order valence-electron chi connectivity index (χ2n) is 3.27.